The van der Waals surface area contributed by atoms with E-state index in [1.165, 1.54) is 0 Å². The van der Waals surface area contributed by atoms with Gasteiger partial charge in [0.25, 0.3) is 0 Å². The molecule has 1 aliphatic carbocycles. The van der Waals surface area contributed by atoms with Gasteiger partial charge in [-0.05, 0) is 35.2 Å². The molecule has 0 unspecified atom stereocenters. The second kappa shape index (κ2) is 6.74. The van der Waals surface area contributed by atoms with Crippen molar-refractivity contribution in [1.29, 1.82) is 0 Å². The molecule has 4 N–H and O–H groups in total. The van der Waals surface area contributed by atoms with E-state index in [0.29, 0.717) is 6.42 Å². The van der Waals surface area contributed by atoms with E-state index in [1.807, 2.05) is 16.8 Å². The average molecular weight is 295 g/mol. The fourth-order valence-electron chi connectivity index (χ4n) is 2.76. The van der Waals surface area contributed by atoms with E-state index in [-0.39, 0.29) is 11.7 Å². The van der Waals surface area contributed by atoms with Crippen molar-refractivity contribution in [3.8, 4) is 0 Å². The summed E-state index contributed by atoms with van der Waals surface area (Å²) in [5.41, 5.74) is 6.18. The van der Waals surface area contributed by atoms with Gasteiger partial charge in [-0.25, -0.2) is 0 Å². The summed E-state index contributed by atoms with van der Waals surface area (Å²) in [6, 6.07) is 1.94. The molecule has 0 aromatic carbocycles. The molecule has 5 nitrogen and oxygen atoms in total. The number of thiophene rings is 1. The Morgan fingerprint density at radius 3 is 2.65 bits per heavy atom. The third kappa shape index (κ3) is 3.50. The summed E-state index contributed by atoms with van der Waals surface area (Å²) < 4.78 is 0. The molecule has 0 bridgehead atoms. The molecule has 0 saturated heterocycles. The Morgan fingerprint density at radius 2 is 2.10 bits per heavy atom. The lowest BCUT2D eigenvalue weighted by Crippen LogP contribution is -2.57. The lowest BCUT2D eigenvalue weighted by Gasteiger charge is -2.32. The smallest absolute Gasteiger partial charge is 0.225 e. The van der Waals surface area contributed by atoms with Crippen molar-refractivity contribution in [3.63, 3.8) is 0 Å². The van der Waals surface area contributed by atoms with Crippen molar-refractivity contribution in [2.45, 2.75) is 50.5 Å². The van der Waals surface area contributed by atoms with Gasteiger partial charge >= 0.3 is 0 Å². The molecule has 1 aliphatic rings. The third-order valence-corrected chi connectivity index (χ3v) is 4.61. The third-order valence-electron chi connectivity index (χ3n) is 3.88. The minimum atomic E-state index is -0.682. The first-order valence-electron chi connectivity index (χ1n) is 6.96. The lowest BCUT2D eigenvalue weighted by molar-refractivity contribution is -0.121. The van der Waals surface area contributed by atoms with Crippen LogP contribution in [-0.2, 0) is 11.2 Å². The van der Waals surface area contributed by atoms with Crippen LogP contribution in [0.25, 0.3) is 0 Å². The van der Waals surface area contributed by atoms with Crippen molar-refractivity contribution >= 4 is 23.1 Å². The molecule has 20 heavy (non-hydrogen) atoms. The molecule has 110 valence electrons. The standard InChI is InChI=1S/C14H21N3O2S/c15-13(17-19)14(6-3-1-2-4-7-14)16-12(18)9-11-5-8-20-10-11/h5,8,10,19H,1-4,6-7,9H2,(H2,15,17)(H,16,18). The van der Waals surface area contributed by atoms with Gasteiger partial charge < -0.3 is 16.3 Å². The molecule has 1 saturated carbocycles. The molecule has 1 aromatic rings. The van der Waals surface area contributed by atoms with Gasteiger partial charge in [0, 0.05) is 0 Å². The van der Waals surface area contributed by atoms with Crippen LogP contribution in [0.4, 0.5) is 0 Å². The van der Waals surface area contributed by atoms with Crippen LogP contribution in [0.15, 0.2) is 22.0 Å². The van der Waals surface area contributed by atoms with E-state index in [4.69, 9.17) is 10.9 Å². The van der Waals surface area contributed by atoms with Crippen LogP contribution in [0.3, 0.4) is 0 Å². The molecular weight excluding hydrogens is 274 g/mol. The van der Waals surface area contributed by atoms with E-state index in [9.17, 15) is 4.79 Å². The zero-order chi connectivity index (χ0) is 14.4. The van der Waals surface area contributed by atoms with Crippen LogP contribution in [0.1, 0.15) is 44.1 Å². The molecule has 1 heterocycles. The predicted molar refractivity (Wildman–Crippen MR) is 80.0 cm³/mol. The molecule has 0 aliphatic heterocycles. The largest absolute Gasteiger partial charge is 0.409 e. The second-order valence-electron chi connectivity index (χ2n) is 5.34. The summed E-state index contributed by atoms with van der Waals surface area (Å²) in [5, 5.41) is 19.1. The molecule has 1 amide bonds. The van der Waals surface area contributed by atoms with Crippen molar-refractivity contribution in [1.82, 2.24) is 5.32 Å². The highest BCUT2D eigenvalue weighted by Crippen LogP contribution is 2.27. The zero-order valence-electron chi connectivity index (χ0n) is 11.5. The summed E-state index contributed by atoms with van der Waals surface area (Å²) in [6.45, 7) is 0. The summed E-state index contributed by atoms with van der Waals surface area (Å²) in [6.07, 6.45) is 6.02. The Hall–Kier alpha value is -1.56. The number of hydrogen-bond donors (Lipinski definition) is 3. The quantitative estimate of drug-likeness (QED) is 0.262. The molecule has 2 rings (SSSR count). The normalized spacial score (nSPS) is 19.3. The number of hydrogen-bond acceptors (Lipinski definition) is 4. The van der Waals surface area contributed by atoms with Gasteiger partial charge in [-0.3, -0.25) is 4.79 Å². The molecule has 1 fully saturated rings. The number of amidine groups is 1. The minimum absolute atomic E-state index is 0.0723. The number of carbonyl (C=O) groups excluding carboxylic acids is 1. The minimum Gasteiger partial charge on any atom is -0.409 e. The van der Waals surface area contributed by atoms with Gasteiger partial charge in [0.2, 0.25) is 5.91 Å². The summed E-state index contributed by atoms with van der Waals surface area (Å²) in [5.74, 6) is 0.0509. The summed E-state index contributed by atoms with van der Waals surface area (Å²) in [7, 11) is 0. The van der Waals surface area contributed by atoms with E-state index in [1.54, 1.807) is 11.3 Å². The first kappa shape index (κ1) is 14.8. The monoisotopic (exact) mass is 295 g/mol. The maximum atomic E-state index is 12.2. The van der Waals surface area contributed by atoms with Gasteiger partial charge in [0.05, 0.1) is 6.42 Å². The Labute approximate surface area is 122 Å². The second-order valence-corrected chi connectivity index (χ2v) is 6.12. The number of nitrogens with zero attached hydrogens (tertiary/aromatic N) is 1. The van der Waals surface area contributed by atoms with Crippen LogP contribution in [0.5, 0.6) is 0 Å². The highest BCUT2D eigenvalue weighted by molar-refractivity contribution is 7.07. The number of oxime groups is 1. The van der Waals surface area contributed by atoms with Crippen molar-refractivity contribution in [2.24, 2.45) is 10.9 Å². The topological polar surface area (TPSA) is 87.7 Å². The fraction of sp³-hybridized carbons (Fsp3) is 0.571. The number of amides is 1. The number of nitrogens with two attached hydrogens (primary N) is 1. The first-order chi connectivity index (χ1) is 9.66. The number of rotatable bonds is 4. The highest BCUT2D eigenvalue weighted by atomic mass is 32.1. The van der Waals surface area contributed by atoms with Crippen molar-refractivity contribution in [2.75, 3.05) is 0 Å². The van der Waals surface area contributed by atoms with Gasteiger partial charge in [-0.1, -0.05) is 30.8 Å². The first-order valence-corrected chi connectivity index (χ1v) is 7.91. The van der Waals surface area contributed by atoms with Gasteiger partial charge in [-0.15, -0.1) is 0 Å². The van der Waals surface area contributed by atoms with Crippen LogP contribution >= 0.6 is 11.3 Å². The average Bonchev–Trinajstić information content (AvgIpc) is 2.82. The molecule has 6 heteroatoms. The van der Waals surface area contributed by atoms with Gasteiger partial charge in [-0.2, -0.15) is 11.3 Å². The lowest BCUT2D eigenvalue weighted by atomic mass is 9.88. The van der Waals surface area contributed by atoms with Crippen molar-refractivity contribution < 1.29 is 10.0 Å². The zero-order valence-corrected chi connectivity index (χ0v) is 12.3. The number of nitrogens with one attached hydrogen (secondary N) is 1. The summed E-state index contributed by atoms with van der Waals surface area (Å²) >= 11 is 1.57. The van der Waals surface area contributed by atoms with E-state index in [2.05, 4.69) is 10.5 Å². The predicted octanol–water partition coefficient (Wildman–Crippen LogP) is 2.25. The maximum absolute atomic E-state index is 12.2. The molecule has 0 atom stereocenters. The molecule has 0 radical (unpaired) electrons. The Kier molecular flexibility index (Phi) is 5.00. The van der Waals surface area contributed by atoms with E-state index < -0.39 is 5.54 Å². The molecule has 0 spiro atoms. The van der Waals surface area contributed by atoms with E-state index >= 15 is 0 Å². The van der Waals surface area contributed by atoms with Crippen LogP contribution in [0, 0.1) is 0 Å². The highest BCUT2D eigenvalue weighted by Gasteiger charge is 2.37. The van der Waals surface area contributed by atoms with Gasteiger partial charge in [0.1, 0.15) is 5.54 Å². The summed E-state index contributed by atoms with van der Waals surface area (Å²) in [4.78, 5) is 12.2. The number of carbonyl (C=O) groups is 1. The van der Waals surface area contributed by atoms with Crippen LogP contribution < -0.4 is 11.1 Å². The van der Waals surface area contributed by atoms with E-state index in [0.717, 1.165) is 44.1 Å². The SMILES string of the molecule is N/C(=N/O)C1(NC(=O)Cc2ccsc2)CCCCCC1. The van der Waals surface area contributed by atoms with Gasteiger partial charge in [0.15, 0.2) is 5.84 Å². The van der Waals surface area contributed by atoms with Crippen LogP contribution in [0.2, 0.25) is 0 Å². The van der Waals surface area contributed by atoms with Crippen LogP contribution in [-0.4, -0.2) is 22.5 Å². The molecule has 1 aromatic heterocycles. The Morgan fingerprint density at radius 1 is 1.40 bits per heavy atom. The fourth-order valence-corrected chi connectivity index (χ4v) is 3.43. The maximum Gasteiger partial charge on any atom is 0.225 e. The Bertz CT molecular complexity index is 463. The Balaban J connectivity index is 2.09. The molecular formula is C14H21N3O2S. The van der Waals surface area contributed by atoms with Crippen molar-refractivity contribution in [3.05, 3.63) is 22.4 Å².